The number of carbonyl (C=O) groups excluding carboxylic acids is 1. The number of fused-ring (bicyclic) bond motifs is 1. The van der Waals surface area contributed by atoms with E-state index in [-0.39, 0.29) is 25.7 Å². The van der Waals surface area contributed by atoms with Gasteiger partial charge in [-0.1, -0.05) is 24.3 Å². The fourth-order valence-electron chi connectivity index (χ4n) is 4.23. The molecule has 0 atom stereocenters. The molecule has 0 amide bonds. The first kappa shape index (κ1) is 33.0. The summed E-state index contributed by atoms with van der Waals surface area (Å²) < 4.78 is 106. The third kappa shape index (κ3) is 6.78. The van der Waals surface area contributed by atoms with Gasteiger partial charge in [0.05, 0.1) is 35.9 Å². The number of pyridine rings is 1. The van der Waals surface area contributed by atoms with Gasteiger partial charge in [-0.2, -0.15) is 13.2 Å². The van der Waals surface area contributed by atoms with Crippen molar-refractivity contribution in [2.24, 2.45) is 0 Å². The van der Waals surface area contributed by atoms with Crippen molar-refractivity contribution < 1.29 is 54.2 Å². The van der Waals surface area contributed by atoms with Crippen LogP contribution in [-0.2, 0) is 29.6 Å². The van der Waals surface area contributed by atoms with Crippen LogP contribution in [0.15, 0.2) is 88.8 Å². The summed E-state index contributed by atoms with van der Waals surface area (Å²) >= 11 is 0. The van der Waals surface area contributed by atoms with E-state index in [1.54, 1.807) is 0 Å². The molecule has 0 aliphatic heterocycles. The number of aromatic nitrogens is 1. The molecule has 0 spiro atoms. The van der Waals surface area contributed by atoms with Gasteiger partial charge in [0.2, 0.25) is 0 Å². The Morgan fingerprint density at radius 1 is 0.756 bits per heavy atom. The molecule has 1 heterocycles. The fraction of sp³-hybridized carbons (Fsp3) is 0.179. The highest BCUT2D eigenvalue weighted by atomic mass is 32.2. The third-order valence-electron chi connectivity index (χ3n) is 6.44. The van der Waals surface area contributed by atoms with Gasteiger partial charge < -0.3 is 14.6 Å². The van der Waals surface area contributed by atoms with Crippen molar-refractivity contribution >= 4 is 54.1 Å². The summed E-state index contributed by atoms with van der Waals surface area (Å²) in [6.45, 7) is -2.79. The molecule has 0 fully saturated rings. The Labute approximate surface area is 255 Å². The van der Waals surface area contributed by atoms with Crippen molar-refractivity contribution in [3.8, 4) is 11.5 Å². The fourth-order valence-corrected chi connectivity index (χ4v) is 7.04. The molecule has 0 radical (unpaired) electrons. The minimum absolute atomic E-state index is 0.136. The topological polar surface area (TPSA) is 160 Å². The van der Waals surface area contributed by atoms with Crippen molar-refractivity contribution in [2.75, 3.05) is 35.9 Å². The van der Waals surface area contributed by atoms with Crippen molar-refractivity contribution in [3.05, 3.63) is 79.0 Å². The summed E-state index contributed by atoms with van der Waals surface area (Å²) in [6.07, 6.45) is -4.64. The van der Waals surface area contributed by atoms with Crippen LogP contribution >= 0.6 is 0 Å². The molecule has 0 bridgehead atoms. The average molecular weight is 668 g/mol. The zero-order valence-electron chi connectivity index (χ0n) is 23.4. The van der Waals surface area contributed by atoms with Crippen molar-refractivity contribution in [1.29, 1.82) is 0 Å². The number of carboxylic acids is 1. The predicted octanol–water partition coefficient (Wildman–Crippen LogP) is 3.86. The second-order valence-electron chi connectivity index (χ2n) is 9.20. The van der Waals surface area contributed by atoms with E-state index < -0.39 is 67.5 Å². The number of carbonyl (C=O) groups is 2. The van der Waals surface area contributed by atoms with Gasteiger partial charge in [0.25, 0.3) is 25.8 Å². The Morgan fingerprint density at radius 3 is 1.67 bits per heavy atom. The lowest BCUT2D eigenvalue weighted by Gasteiger charge is -2.28. The molecule has 17 heteroatoms. The van der Waals surface area contributed by atoms with Gasteiger partial charge in [-0.05, 0) is 48.5 Å². The van der Waals surface area contributed by atoms with Crippen LogP contribution in [-0.4, -0.2) is 72.2 Å². The quantitative estimate of drug-likeness (QED) is 0.235. The maximum atomic E-state index is 13.7. The highest BCUT2D eigenvalue weighted by Gasteiger charge is 2.42. The maximum absolute atomic E-state index is 13.7. The number of ether oxygens (including phenoxy) is 2. The van der Waals surface area contributed by atoms with Gasteiger partial charge in [0.1, 0.15) is 24.6 Å². The number of anilines is 2. The molecule has 45 heavy (non-hydrogen) atoms. The number of rotatable bonds is 12. The lowest BCUT2D eigenvalue weighted by Crippen LogP contribution is -2.41. The van der Waals surface area contributed by atoms with E-state index in [1.807, 2.05) is 0 Å². The van der Waals surface area contributed by atoms with Crippen LogP contribution in [0.5, 0.6) is 11.5 Å². The van der Waals surface area contributed by atoms with E-state index in [4.69, 9.17) is 9.47 Å². The minimum atomic E-state index is -5.40. The number of nitrogens with zero attached hydrogens (tertiary/aromatic N) is 3. The van der Waals surface area contributed by atoms with E-state index in [0.717, 1.165) is 18.3 Å². The number of alkyl halides is 3. The standard InChI is InChI=1S/C28H24F3N3O9S2/c1-42-18-7-11-20(12-8-18)44(38,39)33(16-25(35)28(29,30)31)24-15-32-27(23-6-4-3-5-22(23)24)34(17-26(36)37)45(40,41)21-13-9-19(43-2)10-14-21/h3-15H,16-17H2,1-2H3,(H,36,37). The molecule has 0 unspecified atom stereocenters. The molecule has 1 N–H and O–H groups in total. The minimum Gasteiger partial charge on any atom is -0.497 e. The monoisotopic (exact) mass is 667 g/mol. The molecule has 1 aromatic heterocycles. The second-order valence-corrected chi connectivity index (χ2v) is 12.9. The first-order chi connectivity index (χ1) is 21.1. The van der Waals surface area contributed by atoms with Gasteiger partial charge in [0, 0.05) is 10.8 Å². The Kier molecular flexibility index (Phi) is 9.25. The van der Waals surface area contributed by atoms with Crippen LogP contribution in [0.4, 0.5) is 24.7 Å². The molecule has 238 valence electrons. The lowest BCUT2D eigenvalue weighted by atomic mass is 10.1. The molecule has 0 saturated carbocycles. The van der Waals surface area contributed by atoms with E-state index in [2.05, 4.69) is 4.98 Å². The van der Waals surface area contributed by atoms with Gasteiger partial charge in [-0.15, -0.1) is 0 Å². The zero-order valence-corrected chi connectivity index (χ0v) is 25.1. The summed E-state index contributed by atoms with van der Waals surface area (Å²) in [7, 11) is -6.83. The van der Waals surface area contributed by atoms with Crippen LogP contribution in [0.25, 0.3) is 10.8 Å². The van der Waals surface area contributed by atoms with Crippen molar-refractivity contribution in [1.82, 2.24) is 4.98 Å². The second kappa shape index (κ2) is 12.6. The summed E-state index contributed by atoms with van der Waals surface area (Å²) in [4.78, 5) is 27.2. The Bertz CT molecular complexity index is 1950. The molecule has 0 aliphatic rings. The molecular formula is C28H24F3N3O9S2. The largest absolute Gasteiger partial charge is 0.497 e. The van der Waals surface area contributed by atoms with E-state index in [9.17, 15) is 44.7 Å². The summed E-state index contributed by atoms with van der Waals surface area (Å²) in [6, 6.07) is 15.0. The Hall–Kier alpha value is -4.90. The Morgan fingerprint density at radius 2 is 1.22 bits per heavy atom. The third-order valence-corrected chi connectivity index (χ3v) is 9.96. The normalized spacial score (nSPS) is 12.0. The molecule has 3 aromatic carbocycles. The molecule has 0 aliphatic carbocycles. The number of aliphatic carboxylic acids is 1. The van der Waals surface area contributed by atoms with E-state index >= 15 is 0 Å². The van der Waals surface area contributed by atoms with Gasteiger partial charge in [0.15, 0.2) is 5.82 Å². The number of hydrogen-bond acceptors (Lipinski definition) is 9. The molecule has 0 saturated heterocycles. The number of Topliss-reactive ketones (excluding diaryl/α,β-unsaturated/α-hetero) is 1. The number of sulfonamides is 2. The zero-order chi connectivity index (χ0) is 33.2. The number of carboxylic acid groups (broad SMARTS) is 1. The summed E-state index contributed by atoms with van der Waals surface area (Å²) in [5.74, 6) is -3.85. The Balaban J connectivity index is 1.95. The van der Waals surface area contributed by atoms with Crippen molar-refractivity contribution in [3.63, 3.8) is 0 Å². The predicted molar refractivity (Wildman–Crippen MR) is 155 cm³/mol. The van der Waals surface area contributed by atoms with Crippen LogP contribution in [0.1, 0.15) is 0 Å². The van der Waals surface area contributed by atoms with Crippen LogP contribution in [0.2, 0.25) is 0 Å². The smallest absolute Gasteiger partial charge is 0.451 e. The average Bonchev–Trinajstić information content (AvgIpc) is 3.01. The highest BCUT2D eigenvalue weighted by molar-refractivity contribution is 7.93. The van der Waals surface area contributed by atoms with Crippen molar-refractivity contribution in [2.45, 2.75) is 16.0 Å². The molecular weight excluding hydrogens is 643 g/mol. The first-order valence-electron chi connectivity index (χ1n) is 12.6. The van der Waals surface area contributed by atoms with E-state index in [1.165, 1.54) is 74.9 Å². The molecule has 12 nitrogen and oxygen atoms in total. The summed E-state index contributed by atoms with van der Waals surface area (Å²) in [5.41, 5.74) is -0.500. The first-order valence-corrected chi connectivity index (χ1v) is 15.5. The van der Waals surface area contributed by atoms with Crippen LogP contribution in [0, 0.1) is 0 Å². The van der Waals surface area contributed by atoms with Gasteiger partial charge in [-0.25, -0.2) is 26.1 Å². The molecule has 4 rings (SSSR count). The van der Waals surface area contributed by atoms with E-state index in [0.29, 0.717) is 10.1 Å². The maximum Gasteiger partial charge on any atom is 0.451 e. The molecule has 4 aromatic rings. The number of benzene rings is 3. The number of methoxy groups -OCH3 is 2. The summed E-state index contributed by atoms with van der Waals surface area (Å²) in [5, 5.41) is 9.32. The van der Waals surface area contributed by atoms with Gasteiger partial charge in [-0.3, -0.25) is 13.9 Å². The lowest BCUT2D eigenvalue weighted by molar-refractivity contribution is -0.169. The SMILES string of the molecule is COc1ccc(S(=O)(=O)N(CC(=O)C(F)(F)F)c2cnc(N(CC(=O)O)S(=O)(=O)c3ccc(OC)cc3)c3ccccc23)cc1. The number of hydrogen-bond donors (Lipinski definition) is 1. The highest BCUT2D eigenvalue weighted by Crippen LogP contribution is 2.37. The number of halogens is 3. The van der Waals surface area contributed by atoms with Crippen LogP contribution in [0.3, 0.4) is 0 Å². The van der Waals surface area contributed by atoms with Crippen LogP contribution < -0.4 is 18.1 Å². The number of ketones is 1. The van der Waals surface area contributed by atoms with Gasteiger partial charge >= 0.3 is 12.1 Å².